The standard InChI is InChI=1S/C11H16N2O8S/c14-7(15)3-1-5(9(18)19)12-11(22)13-6(10(20)21)2-4-8(16)17/h5-6H,1-4H2,(H,14,15)(H,16,17)(H,18,19)(H,20,21)(H2,12,13,22)/t5-,6-/m0/s1. The van der Waals surface area contributed by atoms with E-state index in [1.165, 1.54) is 0 Å². The Morgan fingerprint density at radius 3 is 1.32 bits per heavy atom. The third-order valence-electron chi connectivity index (χ3n) is 2.50. The van der Waals surface area contributed by atoms with Crippen LogP contribution in [0.3, 0.4) is 0 Å². The highest BCUT2D eigenvalue weighted by Gasteiger charge is 2.23. The topological polar surface area (TPSA) is 173 Å². The Bertz CT molecular complexity index is 427. The second kappa shape index (κ2) is 9.50. The Morgan fingerprint density at radius 2 is 1.09 bits per heavy atom. The molecule has 0 aliphatic heterocycles. The predicted octanol–water partition coefficient (Wildman–Crippen LogP) is -0.913. The van der Waals surface area contributed by atoms with Crippen molar-refractivity contribution < 1.29 is 39.6 Å². The molecule has 0 amide bonds. The molecule has 0 rings (SSSR count). The number of hydrogen-bond donors (Lipinski definition) is 6. The van der Waals surface area contributed by atoms with Crippen molar-refractivity contribution in [2.75, 3.05) is 0 Å². The molecule has 2 atom stereocenters. The van der Waals surface area contributed by atoms with Gasteiger partial charge in [-0.2, -0.15) is 0 Å². The van der Waals surface area contributed by atoms with Crippen LogP contribution in [0.4, 0.5) is 0 Å². The zero-order valence-electron chi connectivity index (χ0n) is 11.3. The van der Waals surface area contributed by atoms with Crippen LogP contribution in [0, 0.1) is 0 Å². The first-order valence-corrected chi connectivity index (χ1v) is 6.50. The van der Waals surface area contributed by atoms with Crippen molar-refractivity contribution in [1.82, 2.24) is 10.6 Å². The highest BCUT2D eigenvalue weighted by molar-refractivity contribution is 7.80. The molecule has 0 saturated heterocycles. The maximum absolute atomic E-state index is 10.9. The lowest BCUT2D eigenvalue weighted by Crippen LogP contribution is -2.51. The molecule has 0 saturated carbocycles. The van der Waals surface area contributed by atoms with Crippen molar-refractivity contribution in [3.8, 4) is 0 Å². The second-order valence-electron chi connectivity index (χ2n) is 4.26. The average molecular weight is 336 g/mol. The third-order valence-corrected chi connectivity index (χ3v) is 2.74. The van der Waals surface area contributed by atoms with Gasteiger partial charge in [0.2, 0.25) is 0 Å². The highest BCUT2D eigenvalue weighted by Crippen LogP contribution is 2.01. The van der Waals surface area contributed by atoms with Crippen molar-refractivity contribution >= 4 is 41.2 Å². The molecule has 6 N–H and O–H groups in total. The number of thiocarbonyl (C=S) groups is 1. The van der Waals surface area contributed by atoms with Crippen LogP contribution in [0.5, 0.6) is 0 Å². The van der Waals surface area contributed by atoms with E-state index in [1.807, 2.05) is 0 Å². The van der Waals surface area contributed by atoms with Gasteiger partial charge in [0, 0.05) is 12.8 Å². The minimum absolute atomic E-state index is 0.251. The minimum Gasteiger partial charge on any atom is -0.481 e. The molecule has 0 aromatic heterocycles. The van der Waals surface area contributed by atoms with Gasteiger partial charge in [0.25, 0.3) is 0 Å². The molecule has 0 fully saturated rings. The Morgan fingerprint density at radius 1 is 0.773 bits per heavy atom. The SMILES string of the molecule is O=C(O)CC[C@H](NC(=S)N[C@@H](CCC(=O)O)C(=O)O)C(=O)O. The number of carbonyl (C=O) groups is 4. The summed E-state index contributed by atoms with van der Waals surface area (Å²) in [5.41, 5.74) is 0. The van der Waals surface area contributed by atoms with Crippen molar-refractivity contribution in [3.05, 3.63) is 0 Å². The van der Waals surface area contributed by atoms with Crippen LogP contribution in [0.25, 0.3) is 0 Å². The van der Waals surface area contributed by atoms with Crippen molar-refractivity contribution in [2.24, 2.45) is 0 Å². The van der Waals surface area contributed by atoms with Gasteiger partial charge in [-0.1, -0.05) is 0 Å². The van der Waals surface area contributed by atoms with Gasteiger partial charge in [0.05, 0.1) is 0 Å². The van der Waals surface area contributed by atoms with E-state index < -0.39 is 48.8 Å². The van der Waals surface area contributed by atoms with E-state index in [2.05, 4.69) is 10.6 Å². The maximum atomic E-state index is 10.9. The number of carboxylic acid groups (broad SMARTS) is 4. The maximum Gasteiger partial charge on any atom is 0.326 e. The molecule has 0 aromatic carbocycles. The fourth-order valence-corrected chi connectivity index (χ4v) is 1.69. The normalized spacial score (nSPS) is 12.7. The first-order chi connectivity index (χ1) is 10.1. The summed E-state index contributed by atoms with van der Waals surface area (Å²) in [4.78, 5) is 42.7. The van der Waals surface area contributed by atoms with Crippen LogP contribution >= 0.6 is 12.2 Å². The van der Waals surface area contributed by atoms with Crippen LogP contribution in [-0.4, -0.2) is 61.5 Å². The zero-order chi connectivity index (χ0) is 17.3. The van der Waals surface area contributed by atoms with Gasteiger partial charge in [-0.05, 0) is 25.1 Å². The van der Waals surface area contributed by atoms with E-state index in [9.17, 15) is 19.2 Å². The summed E-state index contributed by atoms with van der Waals surface area (Å²) < 4.78 is 0. The lowest BCUT2D eigenvalue weighted by molar-refractivity contribution is -0.141. The summed E-state index contributed by atoms with van der Waals surface area (Å²) >= 11 is 4.76. The van der Waals surface area contributed by atoms with Crippen molar-refractivity contribution in [2.45, 2.75) is 37.8 Å². The van der Waals surface area contributed by atoms with Gasteiger partial charge in [-0.25, -0.2) is 9.59 Å². The number of aliphatic carboxylic acids is 4. The molecule has 0 bridgehead atoms. The molecular formula is C11H16N2O8S. The number of carboxylic acids is 4. The van der Waals surface area contributed by atoms with E-state index in [-0.39, 0.29) is 18.0 Å². The summed E-state index contributed by atoms with van der Waals surface area (Å²) in [5.74, 6) is -5.06. The van der Waals surface area contributed by atoms with E-state index in [4.69, 9.17) is 32.6 Å². The van der Waals surface area contributed by atoms with E-state index >= 15 is 0 Å². The van der Waals surface area contributed by atoms with Gasteiger partial charge in [0.1, 0.15) is 12.1 Å². The quantitative estimate of drug-likeness (QED) is 0.272. The highest BCUT2D eigenvalue weighted by atomic mass is 32.1. The largest absolute Gasteiger partial charge is 0.481 e. The third kappa shape index (κ3) is 8.68. The van der Waals surface area contributed by atoms with Crippen LogP contribution in [0.1, 0.15) is 25.7 Å². The van der Waals surface area contributed by atoms with Gasteiger partial charge >= 0.3 is 23.9 Å². The zero-order valence-corrected chi connectivity index (χ0v) is 12.1. The van der Waals surface area contributed by atoms with Crippen LogP contribution < -0.4 is 10.6 Å². The Kier molecular flexibility index (Phi) is 8.45. The first kappa shape index (κ1) is 19.6. The summed E-state index contributed by atoms with van der Waals surface area (Å²) in [6, 6.07) is -2.60. The minimum atomic E-state index is -1.34. The fraction of sp³-hybridized carbons (Fsp3) is 0.545. The van der Waals surface area contributed by atoms with Crippen LogP contribution in [0.2, 0.25) is 0 Å². The van der Waals surface area contributed by atoms with Gasteiger partial charge < -0.3 is 31.1 Å². The molecule has 124 valence electrons. The molecule has 0 unspecified atom stereocenters. The van der Waals surface area contributed by atoms with Crippen molar-refractivity contribution in [3.63, 3.8) is 0 Å². The van der Waals surface area contributed by atoms with Crippen molar-refractivity contribution in [1.29, 1.82) is 0 Å². The average Bonchev–Trinajstić information content (AvgIpc) is 2.38. The number of hydrogen-bond acceptors (Lipinski definition) is 5. The summed E-state index contributed by atoms with van der Waals surface area (Å²) in [6.45, 7) is 0. The Balaban J connectivity index is 4.57. The molecule has 0 heterocycles. The molecule has 0 radical (unpaired) electrons. The van der Waals surface area contributed by atoms with Crippen LogP contribution in [0.15, 0.2) is 0 Å². The number of nitrogens with one attached hydrogen (secondary N) is 2. The molecular weight excluding hydrogens is 320 g/mol. The Labute approximate surface area is 130 Å². The van der Waals surface area contributed by atoms with Gasteiger partial charge in [-0.15, -0.1) is 0 Å². The summed E-state index contributed by atoms with van der Waals surface area (Å²) in [7, 11) is 0. The molecule has 0 aromatic rings. The van der Waals surface area contributed by atoms with Gasteiger partial charge in [0.15, 0.2) is 5.11 Å². The lowest BCUT2D eigenvalue weighted by atomic mass is 10.1. The summed E-state index contributed by atoms with van der Waals surface area (Å²) in [6.07, 6.45) is -1.32. The molecule has 11 heteroatoms. The molecule has 0 aliphatic rings. The fourth-order valence-electron chi connectivity index (χ4n) is 1.41. The molecule has 22 heavy (non-hydrogen) atoms. The summed E-state index contributed by atoms with van der Waals surface area (Å²) in [5, 5.41) is 39.1. The van der Waals surface area contributed by atoms with E-state index in [1.54, 1.807) is 0 Å². The molecule has 0 aliphatic carbocycles. The van der Waals surface area contributed by atoms with Gasteiger partial charge in [-0.3, -0.25) is 9.59 Å². The van der Waals surface area contributed by atoms with Crippen LogP contribution in [-0.2, 0) is 19.2 Å². The lowest BCUT2D eigenvalue weighted by Gasteiger charge is -2.20. The second-order valence-corrected chi connectivity index (χ2v) is 4.67. The molecule has 10 nitrogen and oxygen atoms in total. The van der Waals surface area contributed by atoms with E-state index in [0.717, 1.165) is 0 Å². The first-order valence-electron chi connectivity index (χ1n) is 6.09. The predicted molar refractivity (Wildman–Crippen MR) is 75.5 cm³/mol. The number of rotatable bonds is 10. The Hall–Kier alpha value is -2.43. The van der Waals surface area contributed by atoms with E-state index in [0.29, 0.717) is 0 Å². The monoisotopic (exact) mass is 336 g/mol. The molecule has 0 spiro atoms. The smallest absolute Gasteiger partial charge is 0.326 e.